The Hall–Kier alpha value is -0.610. The van der Waals surface area contributed by atoms with Crippen molar-refractivity contribution in [2.45, 2.75) is 51.6 Å². The van der Waals surface area contributed by atoms with Crippen LogP contribution < -0.4 is 5.32 Å². The third-order valence-corrected chi connectivity index (χ3v) is 4.25. The van der Waals surface area contributed by atoms with Gasteiger partial charge in [0.05, 0.1) is 12.5 Å². The second-order valence-corrected chi connectivity index (χ2v) is 6.24. The van der Waals surface area contributed by atoms with Crippen LogP contribution in [0.4, 0.5) is 0 Å². The molecule has 1 heterocycles. The Labute approximate surface area is 110 Å². The highest BCUT2D eigenvalue weighted by molar-refractivity contribution is 5.75. The topological polar surface area (TPSA) is 41.6 Å². The number of ether oxygens (including phenoxy) is 1. The summed E-state index contributed by atoms with van der Waals surface area (Å²) in [7, 11) is 1.48. The zero-order valence-corrected chi connectivity index (χ0v) is 11.9. The van der Waals surface area contributed by atoms with Crippen molar-refractivity contribution < 1.29 is 9.53 Å². The summed E-state index contributed by atoms with van der Waals surface area (Å²) < 4.78 is 4.88. The normalized spacial score (nSPS) is 24.6. The van der Waals surface area contributed by atoms with E-state index in [1.807, 2.05) is 13.8 Å². The van der Waals surface area contributed by atoms with Crippen molar-refractivity contribution in [3.63, 3.8) is 0 Å². The van der Waals surface area contributed by atoms with Crippen LogP contribution in [0.1, 0.15) is 39.5 Å². The molecule has 0 aromatic heterocycles. The Kier molecular flexibility index (Phi) is 4.28. The Morgan fingerprint density at radius 3 is 2.56 bits per heavy atom. The largest absolute Gasteiger partial charge is 0.469 e. The number of hydrogen-bond acceptors (Lipinski definition) is 4. The lowest BCUT2D eigenvalue weighted by atomic mass is 9.89. The van der Waals surface area contributed by atoms with Gasteiger partial charge < -0.3 is 10.1 Å². The maximum atomic E-state index is 11.7. The number of rotatable bonds is 6. The molecule has 1 N–H and O–H groups in total. The molecule has 1 saturated heterocycles. The molecule has 0 amide bonds. The standard InChI is InChI=1S/C14H26N2O2/c1-14(2,13(17)18-3)7-9-16(11-4-5-11)12-6-8-15-10-12/h11-12,15H,4-10H2,1-3H3. The summed E-state index contributed by atoms with van der Waals surface area (Å²) in [5.41, 5.74) is -0.367. The maximum absolute atomic E-state index is 11.7. The van der Waals surface area contributed by atoms with E-state index in [0.29, 0.717) is 6.04 Å². The molecule has 0 radical (unpaired) electrons. The first-order valence-corrected chi connectivity index (χ1v) is 7.09. The summed E-state index contributed by atoms with van der Waals surface area (Å²) in [6, 6.07) is 1.44. The van der Waals surface area contributed by atoms with Crippen molar-refractivity contribution in [3.05, 3.63) is 0 Å². The number of hydrogen-bond donors (Lipinski definition) is 1. The number of carbonyl (C=O) groups excluding carboxylic acids is 1. The van der Waals surface area contributed by atoms with Gasteiger partial charge in [-0.3, -0.25) is 9.69 Å². The molecule has 1 aliphatic carbocycles. The molecule has 2 aliphatic rings. The predicted molar refractivity (Wildman–Crippen MR) is 71.4 cm³/mol. The van der Waals surface area contributed by atoms with E-state index in [2.05, 4.69) is 10.2 Å². The molecule has 0 bridgehead atoms. The van der Waals surface area contributed by atoms with Gasteiger partial charge in [-0.15, -0.1) is 0 Å². The van der Waals surface area contributed by atoms with Gasteiger partial charge >= 0.3 is 5.97 Å². The molecular formula is C14H26N2O2. The second kappa shape index (κ2) is 5.57. The van der Waals surface area contributed by atoms with Crippen LogP contribution in [0.25, 0.3) is 0 Å². The summed E-state index contributed by atoms with van der Waals surface area (Å²) >= 11 is 0. The third-order valence-electron chi connectivity index (χ3n) is 4.25. The molecule has 18 heavy (non-hydrogen) atoms. The van der Waals surface area contributed by atoms with Crippen LogP contribution >= 0.6 is 0 Å². The number of carbonyl (C=O) groups is 1. The Balaban J connectivity index is 1.87. The van der Waals surface area contributed by atoms with E-state index in [1.165, 1.54) is 26.4 Å². The molecule has 1 saturated carbocycles. The van der Waals surface area contributed by atoms with Crippen LogP contribution in [0.15, 0.2) is 0 Å². The fourth-order valence-corrected chi connectivity index (χ4v) is 2.78. The van der Waals surface area contributed by atoms with E-state index in [1.54, 1.807) is 0 Å². The highest BCUT2D eigenvalue weighted by atomic mass is 16.5. The van der Waals surface area contributed by atoms with Gasteiger partial charge in [0.25, 0.3) is 0 Å². The van der Waals surface area contributed by atoms with E-state index in [9.17, 15) is 4.79 Å². The average molecular weight is 254 g/mol. The van der Waals surface area contributed by atoms with Crippen LogP contribution in [-0.2, 0) is 9.53 Å². The molecule has 4 nitrogen and oxygen atoms in total. The van der Waals surface area contributed by atoms with Crippen LogP contribution in [0, 0.1) is 5.41 Å². The van der Waals surface area contributed by atoms with Gasteiger partial charge in [-0.05, 0) is 52.6 Å². The van der Waals surface area contributed by atoms with E-state index >= 15 is 0 Å². The highest BCUT2D eigenvalue weighted by Crippen LogP contribution is 2.32. The minimum absolute atomic E-state index is 0.0946. The molecular weight excluding hydrogens is 228 g/mol. The maximum Gasteiger partial charge on any atom is 0.311 e. The van der Waals surface area contributed by atoms with Crippen molar-refractivity contribution in [2.24, 2.45) is 5.41 Å². The quantitative estimate of drug-likeness (QED) is 0.728. The fourth-order valence-electron chi connectivity index (χ4n) is 2.78. The van der Waals surface area contributed by atoms with Crippen molar-refractivity contribution in [1.82, 2.24) is 10.2 Å². The molecule has 0 aromatic carbocycles. The SMILES string of the molecule is COC(=O)C(C)(C)CCN(C1CC1)C1CCNC1. The summed E-state index contributed by atoms with van der Waals surface area (Å²) in [6.07, 6.45) is 4.78. The summed E-state index contributed by atoms with van der Waals surface area (Å²) in [5, 5.41) is 3.43. The molecule has 0 spiro atoms. The minimum atomic E-state index is -0.367. The van der Waals surface area contributed by atoms with Crippen LogP contribution in [-0.4, -0.2) is 49.7 Å². The average Bonchev–Trinajstić information content (AvgIpc) is 3.03. The molecule has 1 aliphatic heterocycles. The lowest BCUT2D eigenvalue weighted by molar-refractivity contribution is -0.151. The van der Waals surface area contributed by atoms with Gasteiger partial charge in [-0.1, -0.05) is 0 Å². The third kappa shape index (κ3) is 3.23. The number of methoxy groups -OCH3 is 1. The molecule has 1 atom stereocenters. The Bertz CT molecular complexity index is 294. The van der Waals surface area contributed by atoms with Crippen LogP contribution in [0.5, 0.6) is 0 Å². The molecule has 2 fully saturated rings. The second-order valence-electron chi connectivity index (χ2n) is 6.24. The van der Waals surface area contributed by atoms with Crippen molar-refractivity contribution in [3.8, 4) is 0 Å². The molecule has 104 valence electrons. The van der Waals surface area contributed by atoms with Gasteiger partial charge in [0.15, 0.2) is 0 Å². The highest BCUT2D eigenvalue weighted by Gasteiger charge is 2.37. The number of esters is 1. The molecule has 4 heteroatoms. The van der Waals surface area contributed by atoms with Gasteiger partial charge in [0, 0.05) is 18.6 Å². The minimum Gasteiger partial charge on any atom is -0.469 e. The zero-order valence-electron chi connectivity index (χ0n) is 11.9. The molecule has 1 unspecified atom stereocenters. The van der Waals surface area contributed by atoms with Crippen LogP contribution in [0.2, 0.25) is 0 Å². The lowest BCUT2D eigenvalue weighted by Gasteiger charge is -2.31. The van der Waals surface area contributed by atoms with E-state index in [0.717, 1.165) is 32.1 Å². The van der Waals surface area contributed by atoms with Gasteiger partial charge in [0.2, 0.25) is 0 Å². The van der Waals surface area contributed by atoms with Crippen LogP contribution in [0.3, 0.4) is 0 Å². The van der Waals surface area contributed by atoms with Gasteiger partial charge in [-0.25, -0.2) is 0 Å². The van der Waals surface area contributed by atoms with Crippen molar-refractivity contribution in [1.29, 1.82) is 0 Å². The monoisotopic (exact) mass is 254 g/mol. The summed E-state index contributed by atoms with van der Waals surface area (Å²) in [4.78, 5) is 14.3. The van der Waals surface area contributed by atoms with E-state index in [-0.39, 0.29) is 11.4 Å². The zero-order chi connectivity index (χ0) is 13.2. The van der Waals surface area contributed by atoms with E-state index < -0.39 is 0 Å². The number of nitrogens with zero attached hydrogens (tertiary/aromatic N) is 1. The predicted octanol–water partition coefficient (Wildman–Crippen LogP) is 1.40. The molecule has 2 rings (SSSR count). The Morgan fingerprint density at radius 2 is 2.06 bits per heavy atom. The van der Waals surface area contributed by atoms with Crippen molar-refractivity contribution >= 4 is 5.97 Å². The first-order chi connectivity index (χ1) is 8.54. The summed E-state index contributed by atoms with van der Waals surface area (Å²) in [5.74, 6) is -0.0946. The molecule has 0 aromatic rings. The number of nitrogens with one attached hydrogen (secondary N) is 1. The van der Waals surface area contributed by atoms with Gasteiger partial charge in [-0.2, -0.15) is 0 Å². The van der Waals surface area contributed by atoms with Crippen molar-refractivity contribution in [2.75, 3.05) is 26.7 Å². The smallest absolute Gasteiger partial charge is 0.311 e. The first-order valence-electron chi connectivity index (χ1n) is 7.09. The lowest BCUT2D eigenvalue weighted by Crippen LogP contribution is -2.41. The van der Waals surface area contributed by atoms with Gasteiger partial charge in [0.1, 0.15) is 0 Å². The van der Waals surface area contributed by atoms with E-state index in [4.69, 9.17) is 4.74 Å². The Morgan fingerprint density at radius 1 is 1.33 bits per heavy atom. The first kappa shape index (κ1) is 13.8. The fraction of sp³-hybridized carbons (Fsp3) is 0.929. The summed E-state index contributed by atoms with van der Waals surface area (Å²) in [6.45, 7) is 7.22.